The molecule has 0 aliphatic rings. The number of hydrogen-bond acceptors (Lipinski definition) is 2. The molecule has 0 spiro atoms. The van der Waals surface area contributed by atoms with E-state index in [0.29, 0.717) is 34.9 Å². The molecule has 3 rings (SSSR count). The maximum atomic E-state index is 14.0. The Kier molecular flexibility index (Phi) is 6.88. The van der Waals surface area contributed by atoms with Gasteiger partial charge in [-0.2, -0.15) is 13.2 Å². The topological polar surface area (TPSA) is 60.2 Å². The van der Waals surface area contributed by atoms with Gasteiger partial charge in [0.05, 0.1) is 5.56 Å². The van der Waals surface area contributed by atoms with E-state index < -0.39 is 35.7 Å². The van der Waals surface area contributed by atoms with Crippen molar-refractivity contribution in [3.05, 3.63) is 113 Å². The lowest BCUT2D eigenvalue weighted by molar-refractivity contribution is -0.137. The molecule has 0 bridgehead atoms. The highest BCUT2D eigenvalue weighted by Crippen LogP contribution is 2.30. The zero-order valence-electron chi connectivity index (χ0n) is 16.8. The van der Waals surface area contributed by atoms with E-state index in [9.17, 15) is 27.2 Å². The van der Waals surface area contributed by atoms with Crippen LogP contribution in [0.15, 0.2) is 78.9 Å². The molecule has 0 aliphatic heterocycles. The molecule has 0 atom stereocenters. The highest BCUT2D eigenvalue weighted by molar-refractivity contribution is 5.98. The van der Waals surface area contributed by atoms with Crippen LogP contribution in [0.2, 0.25) is 0 Å². The molecule has 0 fully saturated rings. The van der Waals surface area contributed by atoms with Crippen molar-refractivity contribution in [1.82, 2.24) is 0 Å². The van der Waals surface area contributed by atoms with Crippen LogP contribution in [0.5, 0.6) is 0 Å². The first-order valence-electron chi connectivity index (χ1n) is 9.66. The molecule has 1 amide bonds. The van der Waals surface area contributed by atoms with Crippen molar-refractivity contribution in [3.63, 3.8) is 0 Å². The molecule has 0 saturated heterocycles. The molecule has 0 heterocycles. The molecular weight excluding hydrogens is 422 g/mol. The summed E-state index contributed by atoms with van der Waals surface area (Å²) in [6.07, 6.45) is -3.92. The van der Waals surface area contributed by atoms with Crippen molar-refractivity contribution < 1.29 is 27.2 Å². The Labute approximate surface area is 182 Å². The van der Waals surface area contributed by atoms with E-state index >= 15 is 0 Å². The van der Waals surface area contributed by atoms with Gasteiger partial charge < -0.3 is 5.73 Å². The number of alkyl halides is 3. The number of primary amides is 1. The van der Waals surface area contributed by atoms with Crippen LogP contribution in [0.4, 0.5) is 17.6 Å². The number of Topliss-reactive ketones (excluding diaryl/α,β-unsaturated/α-hetero) is 1. The van der Waals surface area contributed by atoms with E-state index in [0.717, 1.165) is 5.56 Å². The van der Waals surface area contributed by atoms with Crippen molar-refractivity contribution in [3.8, 4) is 0 Å². The van der Waals surface area contributed by atoms with Gasteiger partial charge in [-0.05, 0) is 46.0 Å². The van der Waals surface area contributed by atoms with Crippen molar-refractivity contribution in [2.45, 2.75) is 19.0 Å². The van der Waals surface area contributed by atoms with Gasteiger partial charge >= 0.3 is 6.18 Å². The second-order valence-electron chi connectivity index (χ2n) is 7.22. The lowest BCUT2D eigenvalue weighted by Crippen LogP contribution is -2.11. The number of nitrogens with two attached hydrogens (primary N) is 1. The molecule has 0 unspecified atom stereocenters. The van der Waals surface area contributed by atoms with Crippen LogP contribution in [0.1, 0.15) is 27.8 Å². The SMILES string of the molecule is NC(=O)/C=C(/c1ccccc1)c1cccc(CC(=O)Cc2cc(C(F)(F)F)ccc2F)c1. The molecule has 32 heavy (non-hydrogen) atoms. The molecule has 164 valence electrons. The summed E-state index contributed by atoms with van der Waals surface area (Å²) in [5.74, 6) is -1.94. The first-order chi connectivity index (χ1) is 15.1. The summed E-state index contributed by atoms with van der Waals surface area (Å²) in [4.78, 5) is 24.0. The molecular formula is C25H19F4NO2. The van der Waals surface area contributed by atoms with E-state index in [1.807, 2.05) is 18.2 Å². The Morgan fingerprint density at radius 2 is 1.53 bits per heavy atom. The predicted octanol–water partition coefficient (Wildman–Crippen LogP) is 5.12. The van der Waals surface area contributed by atoms with Crippen LogP contribution in [0.25, 0.3) is 5.57 Å². The summed E-state index contributed by atoms with van der Waals surface area (Å²) in [7, 11) is 0. The highest BCUT2D eigenvalue weighted by Gasteiger charge is 2.31. The summed E-state index contributed by atoms with van der Waals surface area (Å²) in [5, 5.41) is 0. The van der Waals surface area contributed by atoms with Crippen molar-refractivity contribution in [1.29, 1.82) is 0 Å². The van der Waals surface area contributed by atoms with Gasteiger partial charge in [-0.1, -0.05) is 54.6 Å². The van der Waals surface area contributed by atoms with E-state index in [1.165, 1.54) is 6.08 Å². The van der Waals surface area contributed by atoms with Crippen molar-refractivity contribution in [2.75, 3.05) is 0 Å². The fourth-order valence-corrected chi connectivity index (χ4v) is 3.33. The van der Waals surface area contributed by atoms with Crippen LogP contribution >= 0.6 is 0 Å². The minimum absolute atomic E-state index is 0.109. The normalized spacial score (nSPS) is 11.9. The lowest BCUT2D eigenvalue weighted by atomic mass is 9.94. The van der Waals surface area contributed by atoms with E-state index in [2.05, 4.69) is 0 Å². The number of benzene rings is 3. The summed E-state index contributed by atoms with van der Waals surface area (Å²) in [6.45, 7) is 0. The summed E-state index contributed by atoms with van der Waals surface area (Å²) >= 11 is 0. The summed E-state index contributed by atoms with van der Waals surface area (Å²) in [5.41, 5.74) is 6.57. The van der Waals surface area contributed by atoms with Gasteiger partial charge in [0.2, 0.25) is 5.91 Å². The van der Waals surface area contributed by atoms with Gasteiger partial charge in [0.25, 0.3) is 0 Å². The Morgan fingerprint density at radius 1 is 0.844 bits per heavy atom. The Morgan fingerprint density at radius 3 is 2.19 bits per heavy atom. The van der Waals surface area contributed by atoms with E-state index in [4.69, 9.17) is 5.73 Å². The average molecular weight is 441 g/mol. The fourth-order valence-electron chi connectivity index (χ4n) is 3.33. The highest BCUT2D eigenvalue weighted by atomic mass is 19.4. The maximum absolute atomic E-state index is 14.0. The molecule has 2 N–H and O–H groups in total. The first-order valence-corrected chi connectivity index (χ1v) is 9.66. The summed E-state index contributed by atoms with van der Waals surface area (Å²) < 4.78 is 52.6. The average Bonchev–Trinajstić information content (AvgIpc) is 2.73. The number of amides is 1. The van der Waals surface area contributed by atoms with Crippen LogP contribution in [0, 0.1) is 5.82 Å². The third kappa shape index (κ3) is 5.91. The Bertz CT molecular complexity index is 1170. The number of halogens is 4. The molecule has 0 radical (unpaired) electrons. The van der Waals surface area contributed by atoms with E-state index in [1.54, 1.807) is 36.4 Å². The number of rotatable bonds is 7. The molecule has 0 saturated carbocycles. The minimum atomic E-state index is -4.62. The largest absolute Gasteiger partial charge is 0.416 e. The van der Waals surface area contributed by atoms with Gasteiger partial charge in [0.15, 0.2) is 0 Å². The number of hydrogen-bond donors (Lipinski definition) is 1. The van der Waals surface area contributed by atoms with Gasteiger partial charge in [-0.25, -0.2) is 4.39 Å². The minimum Gasteiger partial charge on any atom is -0.366 e. The van der Waals surface area contributed by atoms with Gasteiger partial charge in [-0.3, -0.25) is 9.59 Å². The second kappa shape index (κ2) is 9.60. The second-order valence-corrected chi connectivity index (χ2v) is 7.22. The van der Waals surface area contributed by atoms with Gasteiger partial charge in [-0.15, -0.1) is 0 Å². The van der Waals surface area contributed by atoms with Crippen LogP contribution in [-0.4, -0.2) is 11.7 Å². The van der Waals surface area contributed by atoms with Crippen molar-refractivity contribution in [2.24, 2.45) is 5.73 Å². The summed E-state index contributed by atoms with van der Waals surface area (Å²) in [6, 6.07) is 17.9. The molecule has 0 aromatic heterocycles. The zero-order chi connectivity index (χ0) is 23.3. The quantitative estimate of drug-likeness (QED) is 0.409. The third-order valence-electron chi connectivity index (χ3n) is 4.77. The molecule has 3 aromatic carbocycles. The monoisotopic (exact) mass is 441 g/mol. The van der Waals surface area contributed by atoms with Gasteiger partial charge in [0, 0.05) is 18.9 Å². The van der Waals surface area contributed by atoms with Crippen LogP contribution in [0.3, 0.4) is 0 Å². The number of carbonyl (C=O) groups excluding carboxylic acids is 2. The standard InChI is InChI=1S/C25H19F4NO2/c26-23-10-9-20(25(27,28)29)13-19(23)14-21(31)12-16-5-4-8-18(11-16)22(15-24(30)32)17-6-2-1-3-7-17/h1-11,13,15H,12,14H2,(H2,30,32)/b22-15-. The zero-order valence-corrected chi connectivity index (χ0v) is 16.8. The van der Waals surface area contributed by atoms with E-state index in [-0.39, 0.29) is 12.0 Å². The fraction of sp³-hybridized carbons (Fsp3) is 0.120. The van der Waals surface area contributed by atoms with Crippen LogP contribution in [-0.2, 0) is 28.6 Å². The lowest BCUT2D eigenvalue weighted by Gasteiger charge is -2.11. The predicted molar refractivity (Wildman–Crippen MR) is 113 cm³/mol. The van der Waals surface area contributed by atoms with Crippen molar-refractivity contribution >= 4 is 17.3 Å². The maximum Gasteiger partial charge on any atom is 0.416 e. The molecule has 0 aliphatic carbocycles. The number of carbonyl (C=O) groups is 2. The molecule has 3 nitrogen and oxygen atoms in total. The number of ketones is 1. The van der Waals surface area contributed by atoms with Crippen LogP contribution < -0.4 is 5.73 Å². The Balaban J connectivity index is 1.83. The molecule has 7 heteroatoms. The first kappa shape index (κ1) is 22.9. The third-order valence-corrected chi connectivity index (χ3v) is 4.77. The Hall–Kier alpha value is -3.74. The molecule has 3 aromatic rings. The van der Waals surface area contributed by atoms with Gasteiger partial charge in [0.1, 0.15) is 11.6 Å². The smallest absolute Gasteiger partial charge is 0.366 e.